The van der Waals surface area contributed by atoms with Gasteiger partial charge in [-0.05, 0) is 61.1 Å². The Kier molecular flexibility index (Phi) is 6.92. The number of carbonyl (C=O) groups excluding carboxylic acids is 1. The highest BCUT2D eigenvalue weighted by Gasteiger charge is 2.38. The number of aromatic nitrogens is 1. The third-order valence-electron chi connectivity index (χ3n) is 5.31. The summed E-state index contributed by atoms with van der Waals surface area (Å²) in [6.45, 7) is 3.15. The lowest BCUT2D eigenvalue weighted by Gasteiger charge is -2.19. The smallest absolute Gasteiger partial charge is 0.353 e. The van der Waals surface area contributed by atoms with E-state index >= 15 is 0 Å². The first kappa shape index (κ1) is 24.1. The Morgan fingerprint density at radius 1 is 1.17 bits per heavy atom. The number of aliphatic carboxylic acids is 1. The molecule has 0 saturated heterocycles. The predicted molar refractivity (Wildman–Crippen MR) is 125 cm³/mol. The second-order valence-electron chi connectivity index (χ2n) is 7.68. The average Bonchev–Trinajstić information content (AvgIpc) is 3.12. The molecule has 35 heavy (non-hydrogen) atoms. The number of esters is 1. The minimum absolute atomic E-state index is 0.169. The molecule has 0 radical (unpaired) electrons. The molecule has 4 rings (SSSR count). The third-order valence-corrected chi connectivity index (χ3v) is 6.31. The van der Waals surface area contributed by atoms with Crippen LogP contribution in [0, 0.1) is 5.82 Å². The Labute approximate surface area is 202 Å². The van der Waals surface area contributed by atoms with Crippen LogP contribution in [0.25, 0.3) is 6.08 Å². The Morgan fingerprint density at radius 3 is 2.49 bits per heavy atom. The molecule has 2 heterocycles. The molecule has 1 unspecified atom stereocenters. The summed E-state index contributed by atoms with van der Waals surface area (Å²) in [6, 6.07) is 11.5. The van der Waals surface area contributed by atoms with Crippen LogP contribution < -0.4 is 24.6 Å². The molecule has 1 atom stereocenters. The van der Waals surface area contributed by atoms with Crippen molar-refractivity contribution in [2.45, 2.75) is 19.9 Å². The van der Waals surface area contributed by atoms with Crippen LogP contribution in [0.15, 0.2) is 64.6 Å². The van der Waals surface area contributed by atoms with Gasteiger partial charge in [-0.1, -0.05) is 24.3 Å². The van der Waals surface area contributed by atoms with Gasteiger partial charge in [0.25, 0.3) is 0 Å². The number of thiazole rings is 1. The molecular weight excluding hydrogens is 475 g/mol. The third kappa shape index (κ3) is 5.07. The number of nitrogens with one attached hydrogen (secondary N) is 1. The van der Waals surface area contributed by atoms with E-state index in [2.05, 4.69) is 4.99 Å². The van der Waals surface area contributed by atoms with Crippen LogP contribution in [0.5, 0.6) is 5.75 Å². The lowest BCUT2D eigenvalue weighted by atomic mass is 9.96. The standard InChI is InChI=1S/C25H21FN2O6S/c1-3-33-24(32)21-14(2)27-25-28(22(21)16-6-8-17(26)9-7-16)23(31)19(35-25)12-15-4-10-18(11-5-15)34-13-20(29)30/h4-12,22H,3,13H2,1-2H3,(H,29,30)/p+1/b19-12+. The molecule has 180 valence electrons. The van der Waals surface area contributed by atoms with Crippen LogP contribution >= 0.6 is 11.3 Å². The van der Waals surface area contributed by atoms with E-state index in [0.717, 1.165) is 0 Å². The summed E-state index contributed by atoms with van der Waals surface area (Å²) >= 11 is 1.22. The number of allylic oxidation sites excluding steroid dienone is 1. The Bertz CT molecular complexity index is 1490. The minimum Gasteiger partial charge on any atom is -0.482 e. The highest BCUT2D eigenvalue weighted by atomic mass is 32.1. The zero-order valence-corrected chi connectivity index (χ0v) is 19.7. The number of fused-ring (bicyclic) bond motifs is 1. The number of halogens is 1. The number of hydrogen-bond donors (Lipinski definition) is 2. The molecule has 0 amide bonds. The summed E-state index contributed by atoms with van der Waals surface area (Å²) in [4.78, 5) is 40.7. The van der Waals surface area contributed by atoms with Gasteiger partial charge in [0, 0.05) is 5.56 Å². The molecule has 2 aromatic carbocycles. The second kappa shape index (κ2) is 10.1. The topological polar surface area (TPSA) is 109 Å². The molecule has 0 bridgehead atoms. The molecule has 2 N–H and O–H groups in total. The van der Waals surface area contributed by atoms with Crippen LogP contribution in [0.4, 0.5) is 4.39 Å². The SMILES string of the molecule is CCOC(=O)C1=C(C)[NH+]=c2s/c(=C/c3ccc(OCC(=O)O)cc3)c(=O)n2C1c1ccc(F)cc1. The Hall–Kier alpha value is -4.05. The summed E-state index contributed by atoms with van der Waals surface area (Å²) in [5.41, 5.74) is 1.77. The molecule has 8 nitrogen and oxygen atoms in total. The zero-order valence-electron chi connectivity index (χ0n) is 18.9. The van der Waals surface area contributed by atoms with Gasteiger partial charge in [0.15, 0.2) is 12.6 Å². The normalized spacial score (nSPS) is 15.4. The first-order valence-corrected chi connectivity index (χ1v) is 11.5. The molecule has 1 aliphatic rings. The van der Waals surface area contributed by atoms with E-state index in [1.807, 2.05) is 0 Å². The fourth-order valence-electron chi connectivity index (χ4n) is 3.77. The molecule has 1 aliphatic heterocycles. The van der Waals surface area contributed by atoms with Gasteiger partial charge < -0.3 is 14.6 Å². The second-order valence-corrected chi connectivity index (χ2v) is 8.71. The summed E-state index contributed by atoms with van der Waals surface area (Å²) < 4.78 is 25.9. The van der Waals surface area contributed by atoms with Crippen molar-refractivity contribution < 1.29 is 33.6 Å². The largest absolute Gasteiger partial charge is 0.482 e. The van der Waals surface area contributed by atoms with Crippen molar-refractivity contribution in [3.8, 4) is 5.75 Å². The van der Waals surface area contributed by atoms with Crippen molar-refractivity contribution in [1.82, 2.24) is 4.57 Å². The molecule has 0 aliphatic carbocycles. The summed E-state index contributed by atoms with van der Waals surface area (Å²) in [7, 11) is 0. The molecule has 0 fully saturated rings. The zero-order chi connectivity index (χ0) is 25.1. The Morgan fingerprint density at radius 2 is 1.86 bits per heavy atom. The maximum atomic E-state index is 13.6. The number of nitrogens with zero attached hydrogens (tertiary/aromatic N) is 1. The number of carbonyl (C=O) groups is 2. The van der Waals surface area contributed by atoms with E-state index in [9.17, 15) is 18.8 Å². The molecule has 1 aromatic heterocycles. The lowest BCUT2D eigenvalue weighted by Crippen LogP contribution is -2.78. The summed E-state index contributed by atoms with van der Waals surface area (Å²) in [5.74, 6) is -1.67. The van der Waals surface area contributed by atoms with Gasteiger partial charge in [0.2, 0.25) is 0 Å². The number of rotatable bonds is 7. The predicted octanol–water partition coefficient (Wildman–Crippen LogP) is 0.481. The van der Waals surface area contributed by atoms with E-state index in [1.165, 1.54) is 28.0 Å². The van der Waals surface area contributed by atoms with Crippen molar-refractivity contribution in [1.29, 1.82) is 0 Å². The fraction of sp³-hybridized carbons (Fsp3) is 0.200. The van der Waals surface area contributed by atoms with Crippen molar-refractivity contribution in [2.75, 3.05) is 13.2 Å². The van der Waals surface area contributed by atoms with Crippen molar-refractivity contribution in [3.63, 3.8) is 0 Å². The van der Waals surface area contributed by atoms with E-state index < -0.39 is 30.4 Å². The highest BCUT2D eigenvalue weighted by molar-refractivity contribution is 7.06. The number of hydrogen-bond acceptors (Lipinski definition) is 6. The maximum absolute atomic E-state index is 13.6. The number of carboxylic acids is 1. The van der Waals surface area contributed by atoms with Gasteiger partial charge in [-0.3, -0.25) is 0 Å². The van der Waals surface area contributed by atoms with Crippen LogP contribution in [-0.2, 0) is 14.3 Å². The van der Waals surface area contributed by atoms with Crippen LogP contribution in [0.1, 0.15) is 31.0 Å². The van der Waals surface area contributed by atoms with Gasteiger partial charge in [-0.15, -0.1) is 0 Å². The van der Waals surface area contributed by atoms with Gasteiger partial charge >= 0.3 is 22.3 Å². The van der Waals surface area contributed by atoms with Gasteiger partial charge in [0.05, 0.1) is 6.61 Å². The maximum Gasteiger partial charge on any atom is 0.353 e. The van der Waals surface area contributed by atoms with E-state index in [1.54, 1.807) is 56.3 Å². The van der Waals surface area contributed by atoms with Gasteiger partial charge in [0.1, 0.15) is 27.4 Å². The lowest BCUT2D eigenvalue weighted by molar-refractivity contribution is -0.449. The summed E-state index contributed by atoms with van der Waals surface area (Å²) in [6.07, 6.45) is 1.70. The number of benzene rings is 2. The Balaban J connectivity index is 1.81. The monoisotopic (exact) mass is 497 g/mol. The van der Waals surface area contributed by atoms with Crippen molar-refractivity contribution in [3.05, 3.63) is 96.4 Å². The molecule has 10 heteroatoms. The number of carboxylic acid groups (broad SMARTS) is 1. The highest BCUT2D eigenvalue weighted by Crippen LogP contribution is 2.27. The van der Waals surface area contributed by atoms with E-state index in [-0.39, 0.29) is 17.7 Å². The summed E-state index contributed by atoms with van der Waals surface area (Å²) in [5, 5.41) is 8.73. The molecular formula is C25H22FN2O6S+. The van der Waals surface area contributed by atoms with Gasteiger partial charge in [-0.2, -0.15) is 4.57 Å². The molecule has 3 aromatic rings. The molecule has 0 saturated carbocycles. The number of ether oxygens (including phenoxy) is 2. The average molecular weight is 498 g/mol. The fourth-order valence-corrected chi connectivity index (χ4v) is 4.85. The molecule has 0 spiro atoms. The minimum atomic E-state index is -1.08. The van der Waals surface area contributed by atoms with Crippen molar-refractivity contribution >= 4 is 29.4 Å². The first-order chi connectivity index (χ1) is 16.8. The van der Waals surface area contributed by atoms with Crippen LogP contribution in [0.3, 0.4) is 0 Å². The first-order valence-electron chi connectivity index (χ1n) is 10.7. The van der Waals surface area contributed by atoms with E-state index in [0.29, 0.717) is 31.9 Å². The van der Waals surface area contributed by atoms with E-state index in [4.69, 9.17) is 14.6 Å². The van der Waals surface area contributed by atoms with Crippen LogP contribution in [0.2, 0.25) is 0 Å². The van der Waals surface area contributed by atoms with Crippen molar-refractivity contribution in [2.24, 2.45) is 0 Å². The van der Waals surface area contributed by atoms with Crippen LogP contribution in [-0.4, -0.2) is 34.8 Å². The van der Waals surface area contributed by atoms with Gasteiger partial charge in [-0.25, -0.2) is 23.8 Å². The quantitative estimate of drug-likeness (QED) is 0.460.